The van der Waals surface area contributed by atoms with Crippen molar-refractivity contribution in [1.82, 2.24) is 10.3 Å². The first-order chi connectivity index (χ1) is 7.34. The van der Waals surface area contributed by atoms with Crippen molar-refractivity contribution in [3.63, 3.8) is 0 Å². The van der Waals surface area contributed by atoms with Crippen molar-refractivity contribution in [1.29, 1.82) is 0 Å². The van der Waals surface area contributed by atoms with E-state index in [2.05, 4.69) is 23.3 Å². The third-order valence-corrected chi connectivity index (χ3v) is 2.40. The number of aromatic nitrogens is 1. The van der Waals surface area contributed by atoms with Crippen LogP contribution in [0.4, 0.5) is 5.82 Å². The normalized spacial score (nSPS) is 10.5. The molecule has 0 radical (unpaired) electrons. The van der Waals surface area contributed by atoms with E-state index in [1.807, 2.05) is 6.07 Å². The molecule has 0 amide bonds. The zero-order valence-corrected chi connectivity index (χ0v) is 9.50. The Morgan fingerprint density at radius 2 is 2.20 bits per heavy atom. The average molecular weight is 207 g/mol. The largest absolute Gasteiger partial charge is 0.383 e. The van der Waals surface area contributed by atoms with Crippen LogP contribution in [-0.2, 0) is 6.42 Å². The average Bonchev–Trinajstić information content (AvgIpc) is 2.25. The van der Waals surface area contributed by atoms with Crippen LogP contribution in [-0.4, -0.2) is 18.1 Å². The van der Waals surface area contributed by atoms with E-state index >= 15 is 0 Å². The Bertz CT molecular complexity index is 273. The van der Waals surface area contributed by atoms with Crippen LogP contribution in [0.5, 0.6) is 0 Å². The van der Waals surface area contributed by atoms with E-state index in [4.69, 9.17) is 5.73 Å². The van der Waals surface area contributed by atoms with E-state index in [1.165, 1.54) is 24.8 Å². The highest BCUT2D eigenvalue weighted by Crippen LogP contribution is 2.10. The molecule has 1 aromatic rings. The monoisotopic (exact) mass is 207 g/mol. The third kappa shape index (κ3) is 4.79. The minimum Gasteiger partial charge on any atom is -0.383 e. The van der Waals surface area contributed by atoms with Crippen LogP contribution < -0.4 is 11.1 Å². The van der Waals surface area contributed by atoms with Crippen LogP contribution in [0.1, 0.15) is 31.7 Å². The molecule has 1 aromatic heterocycles. The van der Waals surface area contributed by atoms with Crippen molar-refractivity contribution in [2.45, 2.75) is 32.6 Å². The SMILES string of the molecule is CCCNCCCCc1cccnc1N. The maximum atomic E-state index is 5.76. The summed E-state index contributed by atoms with van der Waals surface area (Å²) in [7, 11) is 0. The van der Waals surface area contributed by atoms with Gasteiger partial charge in [0.2, 0.25) is 0 Å². The smallest absolute Gasteiger partial charge is 0.126 e. The van der Waals surface area contributed by atoms with Crippen molar-refractivity contribution < 1.29 is 0 Å². The second-order valence-corrected chi connectivity index (χ2v) is 3.75. The van der Waals surface area contributed by atoms with E-state index < -0.39 is 0 Å². The molecule has 0 spiro atoms. The lowest BCUT2D eigenvalue weighted by Crippen LogP contribution is -2.15. The minimum absolute atomic E-state index is 0.680. The molecule has 3 nitrogen and oxygen atoms in total. The molecular formula is C12H21N3. The number of hydrogen-bond acceptors (Lipinski definition) is 3. The molecule has 0 bridgehead atoms. The predicted molar refractivity (Wildman–Crippen MR) is 64.7 cm³/mol. The van der Waals surface area contributed by atoms with E-state index in [0.29, 0.717) is 5.82 Å². The molecule has 0 aliphatic rings. The second-order valence-electron chi connectivity index (χ2n) is 3.75. The Labute approximate surface area is 92.1 Å². The van der Waals surface area contributed by atoms with Gasteiger partial charge >= 0.3 is 0 Å². The van der Waals surface area contributed by atoms with Crippen LogP contribution in [0.3, 0.4) is 0 Å². The number of nitrogens with one attached hydrogen (secondary N) is 1. The van der Waals surface area contributed by atoms with E-state index in [0.717, 1.165) is 19.5 Å². The van der Waals surface area contributed by atoms with Gasteiger partial charge in [0.25, 0.3) is 0 Å². The molecule has 0 saturated heterocycles. The molecule has 0 fully saturated rings. The molecule has 15 heavy (non-hydrogen) atoms. The van der Waals surface area contributed by atoms with Crippen LogP contribution in [0.25, 0.3) is 0 Å². The van der Waals surface area contributed by atoms with Gasteiger partial charge < -0.3 is 11.1 Å². The van der Waals surface area contributed by atoms with Crippen molar-refractivity contribution in [3.8, 4) is 0 Å². The number of rotatable bonds is 7. The number of aryl methyl sites for hydroxylation is 1. The van der Waals surface area contributed by atoms with Gasteiger partial charge in [-0.15, -0.1) is 0 Å². The van der Waals surface area contributed by atoms with Crippen molar-refractivity contribution in [2.75, 3.05) is 18.8 Å². The number of unbranched alkanes of at least 4 members (excludes halogenated alkanes) is 1. The van der Waals surface area contributed by atoms with Gasteiger partial charge in [-0.1, -0.05) is 13.0 Å². The van der Waals surface area contributed by atoms with E-state index in [1.54, 1.807) is 6.20 Å². The van der Waals surface area contributed by atoms with Gasteiger partial charge in [-0.05, 0) is 50.4 Å². The topological polar surface area (TPSA) is 50.9 Å². The molecule has 0 unspecified atom stereocenters. The Hall–Kier alpha value is -1.09. The first-order valence-electron chi connectivity index (χ1n) is 5.74. The fraction of sp³-hybridized carbons (Fsp3) is 0.583. The van der Waals surface area contributed by atoms with Crippen LogP contribution in [0.2, 0.25) is 0 Å². The zero-order chi connectivity index (χ0) is 10.9. The van der Waals surface area contributed by atoms with Crippen molar-refractivity contribution in [3.05, 3.63) is 23.9 Å². The third-order valence-electron chi connectivity index (χ3n) is 2.40. The first-order valence-corrected chi connectivity index (χ1v) is 5.74. The number of pyridine rings is 1. The van der Waals surface area contributed by atoms with Gasteiger partial charge in [-0.25, -0.2) is 4.98 Å². The Balaban J connectivity index is 2.12. The second kappa shape index (κ2) is 7.23. The minimum atomic E-state index is 0.680. The summed E-state index contributed by atoms with van der Waals surface area (Å²) in [5.41, 5.74) is 6.93. The maximum absolute atomic E-state index is 5.76. The highest BCUT2D eigenvalue weighted by atomic mass is 14.8. The fourth-order valence-electron chi connectivity index (χ4n) is 1.53. The summed E-state index contributed by atoms with van der Waals surface area (Å²) >= 11 is 0. The van der Waals surface area contributed by atoms with Crippen LogP contribution >= 0.6 is 0 Å². The maximum Gasteiger partial charge on any atom is 0.126 e. The summed E-state index contributed by atoms with van der Waals surface area (Å²) in [6, 6.07) is 4.00. The standard InChI is InChI=1S/C12H21N3/c1-2-8-14-9-4-3-6-11-7-5-10-15-12(11)13/h5,7,10,14H,2-4,6,8-9H2,1H3,(H2,13,15). The Morgan fingerprint density at radius 3 is 2.93 bits per heavy atom. The molecule has 3 heteroatoms. The summed E-state index contributed by atoms with van der Waals surface area (Å²) < 4.78 is 0. The number of anilines is 1. The van der Waals surface area contributed by atoms with Crippen molar-refractivity contribution >= 4 is 5.82 Å². The molecule has 0 aromatic carbocycles. The highest BCUT2D eigenvalue weighted by molar-refractivity contribution is 5.38. The molecular weight excluding hydrogens is 186 g/mol. The van der Waals surface area contributed by atoms with Gasteiger partial charge in [-0.2, -0.15) is 0 Å². The van der Waals surface area contributed by atoms with E-state index in [9.17, 15) is 0 Å². The van der Waals surface area contributed by atoms with Gasteiger partial charge in [0.15, 0.2) is 0 Å². The molecule has 0 aliphatic heterocycles. The Kier molecular flexibility index (Phi) is 5.78. The summed E-state index contributed by atoms with van der Waals surface area (Å²) in [5, 5.41) is 3.39. The molecule has 0 saturated carbocycles. The summed E-state index contributed by atoms with van der Waals surface area (Å²) in [6.45, 7) is 4.41. The highest BCUT2D eigenvalue weighted by Gasteiger charge is 1.98. The molecule has 0 aliphatic carbocycles. The van der Waals surface area contributed by atoms with Crippen molar-refractivity contribution in [2.24, 2.45) is 0 Å². The quantitative estimate of drug-likeness (QED) is 0.672. The zero-order valence-electron chi connectivity index (χ0n) is 9.50. The molecule has 84 valence electrons. The summed E-state index contributed by atoms with van der Waals surface area (Å²) in [5.74, 6) is 0.680. The Morgan fingerprint density at radius 1 is 1.33 bits per heavy atom. The summed E-state index contributed by atoms with van der Waals surface area (Å²) in [4.78, 5) is 4.07. The van der Waals surface area contributed by atoms with Gasteiger partial charge in [-0.3, -0.25) is 0 Å². The number of nitrogen functional groups attached to an aromatic ring is 1. The lowest BCUT2D eigenvalue weighted by Gasteiger charge is -2.05. The molecule has 0 atom stereocenters. The van der Waals surface area contributed by atoms with E-state index in [-0.39, 0.29) is 0 Å². The van der Waals surface area contributed by atoms with Crippen LogP contribution in [0.15, 0.2) is 18.3 Å². The van der Waals surface area contributed by atoms with Crippen LogP contribution in [0, 0.1) is 0 Å². The van der Waals surface area contributed by atoms with Gasteiger partial charge in [0, 0.05) is 6.20 Å². The first kappa shape index (κ1) is 12.0. The molecule has 1 heterocycles. The van der Waals surface area contributed by atoms with Gasteiger partial charge in [0.1, 0.15) is 5.82 Å². The number of hydrogen-bond donors (Lipinski definition) is 2. The summed E-state index contributed by atoms with van der Waals surface area (Å²) in [6.07, 6.45) is 6.35. The van der Waals surface area contributed by atoms with Gasteiger partial charge in [0.05, 0.1) is 0 Å². The predicted octanol–water partition coefficient (Wildman–Crippen LogP) is 1.99. The molecule has 3 N–H and O–H groups in total. The lowest BCUT2D eigenvalue weighted by atomic mass is 10.1. The molecule has 1 rings (SSSR count). The number of nitrogens with two attached hydrogens (primary N) is 1. The lowest BCUT2D eigenvalue weighted by molar-refractivity contribution is 0.617. The number of nitrogens with zero attached hydrogens (tertiary/aromatic N) is 1. The fourth-order valence-corrected chi connectivity index (χ4v) is 1.53.